The summed E-state index contributed by atoms with van der Waals surface area (Å²) in [6.45, 7) is 5.49. The van der Waals surface area contributed by atoms with E-state index in [0.29, 0.717) is 22.6 Å². The third kappa shape index (κ3) is 3.02. The standard InChI is InChI=1S/C14H17N3O4S/c1-4-21-14(18)13-9(2)16-17(10(13)3)11-5-7-12(8-6-11)22(15,19)20/h5-8H,4H2,1-3H3,(H2,15,19,20). The molecular weight excluding hydrogens is 306 g/mol. The van der Waals surface area contributed by atoms with Crippen LogP contribution in [0.5, 0.6) is 0 Å². The first-order valence-electron chi connectivity index (χ1n) is 6.62. The van der Waals surface area contributed by atoms with Crippen molar-refractivity contribution in [1.82, 2.24) is 9.78 Å². The molecule has 0 saturated heterocycles. The molecule has 1 aromatic carbocycles. The van der Waals surface area contributed by atoms with Crippen LogP contribution in [-0.4, -0.2) is 30.8 Å². The summed E-state index contributed by atoms with van der Waals surface area (Å²) in [6.07, 6.45) is 0. The van der Waals surface area contributed by atoms with Gasteiger partial charge in [-0.15, -0.1) is 0 Å². The van der Waals surface area contributed by atoms with E-state index in [-0.39, 0.29) is 11.5 Å². The minimum Gasteiger partial charge on any atom is -0.462 e. The maximum absolute atomic E-state index is 11.9. The average Bonchev–Trinajstić information content (AvgIpc) is 2.73. The maximum atomic E-state index is 11.9. The average molecular weight is 323 g/mol. The molecule has 0 atom stereocenters. The molecule has 2 aromatic rings. The molecule has 0 bridgehead atoms. The summed E-state index contributed by atoms with van der Waals surface area (Å²) in [5.41, 5.74) is 2.21. The molecule has 1 heterocycles. The summed E-state index contributed by atoms with van der Waals surface area (Å²) >= 11 is 0. The zero-order chi connectivity index (χ0) is 16.5. The predicted octanol–water partition coefficient (Wildman–Crippen LogP) is 1.31. The van der Waals surface area contributed by atoms with Crippen LogP contribution in [-0.2, 0) is 14.8 Å². The Hall–Kier alpha value is -2.19. The van der Waals surface area contributed by atoms with Crippen LogP contribution in [0.25, 0.3) is 5.69 Å². The van der Waals surface area contributed by atoms with Crippen molar-refractivity contribution < 1.29 is 17.9 Å². The van der Waals surface area contributed by atoms with Crippen molar-refractivity contribution in [2.45, 2.75) is 25.7 Å². The zero-order valence-corrected chi connectivity index (χ0v) is 13.3. The molecule has 118 valence electrons. The van der Waals surface area contributed by atoms with Gasteiger partial charge < -0.3 is 4.74 Å². The van der Waals surface area contributed by atoms with Crippen LogP contribution in [0.3, 0.4) is 0 Å². The number of primary sulfonamides is 1. The van der Waals surface area contributed by atoms with Crippen molar-refractivity contribution in [2.75, 3.05) is 6.61 Å². The van der Waals surface area contributed by atoms with E-state index in [1.165, 1.54) is 12.1 Å². The van der Waals surface area contributed by atoms with Gasteiger partial charge in [0.05, 0.1) is 28.6 Å². The molecular formula is C14H17N3O4S. The van der Waals surface area contributed by atoms with Gasteiger partial charge in [-0.25, -0.2) is 23.0 Å². The van der Waals surface area contributed by atoms with Gasteiger partial charge in [0.1, 0.15) is 5.56 Å². The van der Waals surface area contributed by atoms with Crippen LogP contribution >= 0.6 is 0 Å². The second-order valence-electron chi connectivity index (χ2n) is 4.72. The van der Waals surface area contributed by atoms with Gasteiger partial charge in [-0.3, -0.25) is 0 Å². The van der Waals surface area contributed by atoms with Gasteiger partial charge in [0.15, 0.2) is 0 Å². The molecule has 2 rings (SSSR count). The molecule has 22 heavy (non-hydrogen) atoms. The Morgan fingerprint density at radius 2 is 1.86 bits per heavy atom. The van der Waals surface area contributed by atoms with E-state index in [2.05, 4.69) is 5.10 Å². The molecule has 0 amide bonds. The smallest absolute Gasteiger partial charge is 0.341 e. The first-order chi connectivity index (χ1) is 10.3. The lowest BCUT2D eigenvalue weighted by atomic mass is 10.2. The van der Waals surface area contributed by atoms with E-state index in [9.17, 15) is 13.2 Å². The van der Waals surface area contributed by atoms with Crippen molar-refractivity contribution >= 4 is 16.0 Å². The fraction of sp³-hybridized carbons (Fsp3) is 0.286. The van der Waals surface area contributed by atoms with Crippen LogP contribution < -0.4 is 5.14 Å². The Kier molecular flexibility index (Phi) is 4.34. The Morgan fingerprint density at radius 1 is 1.27 bits per heavy atom. The van der Waals surface area contributed by atoms with E-state index in [0.717, 1.165) is 0 Å². The topological polar surface area (TPSA) is 104 Å². The molecule has 7 nitrogen and oxygen atoms in total. The summed E-state index contributed by atoms with van der Waals surface area (Å²) in [5.74, 6) is -0.426. The quantitative estimate of drug-likeness (QED) is 0.854. The number of nitrogens with two attached hydrogens (primary N) is 1. The lowest BCUT2D eigenvalue weighted by Gasteiger charge is -2.06. The number of sulfonamides is 1. The lowest BCUT2D eigenvalue weighted by Crippen LogP contribution is -2.12. The highest BCUT2D eigenvalue weighted by Crippen LogP contribution is 2.20. The van der Waals surface area contributed by atoms with E-state index < -0.39 is 16.0 Å². The summed E-state index contributed by atoms with van der Waals surface area (Å²) in [6, 6.07) is 5.94. The fourth-order valence-electron chi connectivity index (χ4n) is 2.17. The molecule has 0 aliphatic heterocycles. The molecule has 0 spiro atoms. The van der Waals surface area contributed by atoms with Crippen molar-refractivity contribution in [3.8, 4) is 5.69 Å². The second-order valence-corrected chi connectivity index (χ2v) is 6.28. The number of aryl methyl sites for hydroxylation is 1. The van der Waals surface area contributed by atoms with Gasteiger partial charge in [-0.2, -0.15) is 5.10 Å². The molecule has 1 aromatic heterocycles. The van der Waals surface area contributed by atoms with E-state index >= 15 is 0 Å². The summed E-state index contributed by atoms with van der Waals surface area (Å²) in [7, 11) is -3.74. The Balaban J connectivity index is 2.46. The molecule has 0 fully saturated rings. The highest BCUT2D eigenvalue weighted by Gasteiger charge is 2.20. The highest BCUT2D eigenvalue weighted by atomic mass is 32.2. The normalized spacial score (nSPS) is 11.5. The van der Waals surface area contributed by atoms with Crippen molar-refractivity contribution in [1.29, 1.82) is 0 Å². The molecule has 0 radical (unpaired) electrons. The van der Waals surface area contributed by atoms with Gasteiger partial charge in [0.2, 0.25) is 10.0 Å². The first kappa shape index (κ1) is 16.2. The van der Waals surface area contributed by atoms with Crippen LogP contribution in [0.1, 0.15) is 28.7 Å². The minimum atomic E-state index is -3.74. The number of carbonyl (C=O) groups excluding carboxylic acids is 1. The summed E-state index contributed by atoms with van der Waals surface area (Å²) in [5, 5.41) is 9.38. The largest absolute Gasteiger partial charge is 0.462 e. The van der Waals surface area contributed by atoms with Gasteiger partial charge in [-0.1, -0.05) is 0 Å². The zero-order valence-electron chi connectivity index (χ0n) is 12.5. The van der Waals surface area contributed by atoms with Gasteiger partial charge in [0, 0.05) is 0 Å². The molecule has 0 aliphatic carbocycles. The Bertz CT molecular complexity index is 807. The molecule has 8 heteroatoms. The number of hydrogen-bond acceptors (Lipinski definition) is 5. The number of aromatic nitrogens is 2. The number of ether oxygens (including phenoxy) is 1. The van der Waals surface area contributed by atoms with Crippen LogP contribution in [0.2, 0.25) is 0 Å². The number of carbonyl (C=O) groups is 1. The lowest BCUT2D eigenvalue weighted by molar-refractivity contribution is 0.0524. The molecule has 0 saturated carbocycles. The van der Waals surface area contributed by atoms with Gasteiger partial charge in [-0.05, 0) is 45.0 Å². The number of hydrogen-bond donors (Lipinski definition) is 1. The molecule has 0 unspecified atom stereocenters. The number of rotatable bonds is 4. The Labute approximate surface area is 128 Å². The van der Waals surface area contributed by atoms with Crippen LogP contribution in [0.15, 0.2) is 29.2 Å². The van der Waals surface area contributed by atoms with Crippen molar-refractivity contribution in [3.63, 3.8) is 0 Å². The predicted molar refractivity (Wildman–Crippen MR) is 80.4 cm³/mol. The highest BCUT2D eigenvalue weighted by molar-refractivity contribution is 7.89. The van der Waals surface area contributed by atoms with Crippen molar-refractivity contribution in [2.24, 2.45) is 5.14 Å². The number of benzene rings is 1. The summed E-state index contributed by atoms with van der Waals surface area (Å²) in [4.78, 5) is 12.0. The molecule has 2 N–H and O–H groups in total. The van der Waals surface area contributed by atoms with Crippen LogP contribution in [0.4, 0.5) is 0 Å². The molecule has 0 aliphatic rings. The monoisotopic (exact) mass is 323 g/mol. The van der Waals surface area contributed by atoms with Gasteiger partial charge >= 0.3 is 5.97 Å². The van der Waals surface area contributed by atoms with E-state index in [1.54, 1.807) is 37.6 Å². The van der Waals surface area contributed by atoms with E-state index in [4.69, 9.17) is 9.88 Å². The SMILES string of the molecule is CCOC(=O)c1c(C)nn(-c2ccc(S(N)(=O)=O)cc2)c1C. The summed E-state index contributed by atoms with van der Waals surface area (Å²) < 4.78 is 29.1. The third-order valence-electron chi connectivity index (χ3n) is 3.18. The Morgan fingerprint density at radius 3 is 2.36 bits per heavy atom. The maximum Gasteiger partial charge on any atom is 0.341 e. The number of esters is 1. The van der Waals surface area contributed by atoms with E-state index in [1.807, 2.05) is 0 Å². The second kappa shape index (κ2) is 5.90. The van der Waals surface area contributed by atoms with Crippen LogP contribution in [0, 0.1) is 13.8 Å². The third-order valence-corrected chi connectivity index (χ3v) is 4.11. The van der Waals surface area contributed by atoms with Crippen molar-refractivity contribution in [3.05, 3.63) is 41.2 Å². The number of nitrogens with zero attached hydrogens (tertiary/aromatic N) is 2. The fourth-order valence-corrected chi connectivity index (χ4v) is 2.69. The van der Waals surface area contributed by atoms with Gasteiger partial charge in [0.25, 0.3) is 0 Å². The minimum absolute atomic E-state index is 0.0170. The first-order valence-corrected chi connectivity index (χ1v) is 8.17.